The van der Waals surface area contributed by atoms with Crippen LogP contribution in [-0.2, 0) is 9.59 Å². The number of rotatable bonds is 5. The van der Waals surface area contributed by atoms with Gasteiger partial charge >= 0.3 is 0 Å². The van der Waals surface area contributed by atoms with E-state index < -0.39 is 29.3 Å². The maximum Gasteiger partial charge on any atom is 0.300 e. The third-order valence-corrected chi connectivity index (χ3v) is 6.68. The van der Waals surface area contributed by atoms with Gasteiger partial charge in [0.25, 0.3) is 11.7 Å². The van der Waals surface area contributed by atoms with Gasteiger partial charge in [0, 0.05) is 30.7 Å². The molecular formula is C28H26FN3O4. The summed E-state index contributed by atoms with van der Waals surface area (Å²) in [5.41, 5.74) is 1.75. The number of methoxy groups -OCH3 is 1. The summed E-state index contributed by atoms with van der Waals surface area (Å²) in [7, 11) is 1.38. The number of amides is 1. The molecule has 0 saturated carbocycles. The van der Waals surface area contributed by atoms with Gasteiger partial charge in [-0.05, 0) is 73.9 Å². The molecule has 8 heteroatoms. The van der Waals surface area contributed by atoms with Crippen molar-refractivity contribution < 1.29 is 23.8 Å². The second kappa shape index (κ2) is 9.81. The number of benzene rings is 2. The quantitative estimate of drug-likeness (QED) is 0.315. The number of carbonyl (C=O) groups excluding carboxylic acids is 2. The lowest BCUT2D eigenvalue weighted by molar-refractivity contribution is -0.132. The number of aromatic nitrogens is 1. The molecule has 2 saturated heterocycles. The number of Topliss-reactive ketones (excluding diaryl/α,β-unsaturated/α-hetero) is 1. The van der Waals surface area contributed by atoms with Crippen LogP contribution in [0.2, 0.25) is 0 Å². The Morgan fingerprint density at radius 2 is 1.72 bits per heavy atom. The van der Waals surface area contributed by atoms with Gasteiger partial charge in [-0.2, -0.15) is 0 Å². The zero-order valence-corrected chi connectivity index (χ0v) is 19.9. The van der Waals surface area contributed by atoms with Crippen LogP contribution in [0.5, 0.6) is 5.75 Å². The van der Waals surface area contributed by atoms with E-state index in [2.05, 4.69) is 9.88 Å². The molecule has 1 aromatic heterocycles. The minimum absolute atomic E-state index is 0.0168. The first-order valence-corrected chi connectivity index (χ1v) is 11.9. The molecule has 1 unspecified atom stereocenters. The highest BCUT2D eigenvalue weighted by molar-refractivity contribution is 6.51. The van der Waals surface area contributed by atoms with Crippen LogP contribution in [0, 0.1) is 5.82 Å². The van der Waals surface area contributed by atoms with E-state index in [9.17, 15) is 19.1 Å². The topological polar surface area (TPSA) is 83.0 Å². The average molecular weight is 488 g/mol. The van der Waals surface area contributed by atoms with E-state index in [1.807, 2.05) is 12.1 Å². The van der Waals surface area contributed by atoms with E-state index in [-0.39, 0.29) is 16.9 Å². The molecule has 2 aliphatic rings. The van der Waals surface area contributed by atoms with Gasteiger partial charge in [-0.3, -0.25) is 19.5 Å². The number of piperidine rings is 1. The van der Waals surface area contributed by atoms with Gasteiger partial charge in [0.05, 0.1) is 23.9 Å². The van der Waals surface area contributed by atoms with Gasteiger partial charge in [-0.15, -0.1) is 0 Å². The van der Waals surface area contributed by atoms with Crippen molar-refractivity contribution in [2.45, 2.75) is 25.3 Å². The predicted molar refractivity (Wildman–Crippen MR) is 134 cm³/mol. The van der Waals surface area contributed by atoms with E-state index in [0.717, 1.165) is 37.7 Å². The summed E-state index contributed by atoms with van der Waals surface area (Å²) in [6.07, 6.45) is 5.05. The van der Waals surface area contributed by atoms with Gasteiger partial charge in [-0.25, -0.2) is 4.39 Å². The number of ketones is 1. The Balaban J connectivity index is 1.62. The lowest BCUT2D eigenvalue weighted by atomic mass is 9.97. The highest BCUT2D eigenvalue weighted by atomic mass is 19.1. The standard InChI is InChI=1S/C28H26FN3O4/c1-36-23-13-8-18(29)17-21(23)26(33)24-25(22-7-3-4-14-30-22)32(28(35)27(24)34)20-11-9-19(10-12-20)31-15-5-2-6-16-31/h3-4,7-14,17,25,33H,2,5-6,15-16H2,1H3/b26-24+. The molecule has 0 spiro atoms. The van der Waals surface area contributed by atoms with Gasteiger partial charge in [0.2, 0.25) is 0 Å². The Labute approximate surface area is 208 Å². The van der Waals surface area contributed by atoms with Crippen molar-refractivity contribution in [3.05, 3.63) is 89.5 Å². The van der Waals surface area contributed by atoms with Crippen LogP contribution in [0.4, 0.5) is 15.8 Å². The summed E-state index contributed by atoms with van der Waals surface area (Å²) >= 11 is 0. The number of ether oxygens (including phenoxy) is 1. The number of halogens is 1. The van der Waals surface area contributed by atoms with Crippen LogP contribution in [0.15, 0.2) is 72.4 Å². The molecule has 3 heterocycles. The van der Waals surface area contributed by atoms with E-state index in [1.165, 1.54) is 30.6 Å². The first kappa shape index (κ1) is 23.5. The zero-order valence-electron chi connectivity index (χ0n) is 19.9. The minimum atomic E-state index is -1.000. The fraction of sp³-hybridized carbons (Fsp3) is 0.250. The Bertz CT molecular complexity index is 1320. The van der Waals surface area contributed by atoms with E-state index in [0.29, 0.717) is 11.4 Å². The predicted octanol–water partition coefficient (Wildman–Crippen LogP) is 4.85. The zero-order chi connectivity index (χ0) is 25.2. The SMILES string of the molecule is COc1ccc(F)cc1/C(O)=C1\C(=O)C(=O)N(c2ccc(N3CCCCC3)cc2)C1c1ccccn1. The first-order valence-electron chi connectivity index (χ1n) is 11.9. The Kier molecular flexibility index (Phi) is 6.41. The average Bonchev–Trinajstić information content (AvgIpc) is 3.19. The Morgan fingerprint density at radius 3 is 2.39 bits per heavy atom. The maximum atomic E-state index is 14.1. The molecule has 1 atom stereocenters. The summed E-state index contributed by atoms with van der Waals surface area (Å²) in [5.74, 6) is -2.64. The van der Waals surface area contributed by atoms with Gasteiger partial charge in [0.1, 0.15) is 23.4 Å². The smallest absolute Gasteiger partial charge is 0.300 e. The molecule has 0 bridgehead atoms. The number of aliphatic hydroxyl groups is 1. The van der Waals surface area contributed by atoms with Crippen LogP contribution in [0.3, 0.4) is 0 Å². The number of aliphatic hydroxyl groups excluding tert-OH is 1. The molecule has 1 amide bonds. The second-order valence-corrected chi connectivity index (χ2v) is 8.83. The Hall–Kier alpha value is -4.20. The van der Waals surface area contributed by atoms with Crippen LogP contribution >= 0.6 is 0 Å². The minimum Gasteiger partial charge on any atom is -0.507 e. The largest absolute Gasteiger partial charge is 0.507 e. The molecule has 36 heavy (non-hydrogen) atoms. The van der Waals surface area contributed by atoms with Gasteiger partial charge in [0.15, 0.2) is 0 Å². The molecule has 0 aliphatic carbocycles. The summed E-state index contributed by atoms with van der Waals surface area (Å²) in [5, 5.41) is 11.3. The van der Waals surface area contributed by atoms with Crippen molar-refractivity contribution in [3.8, 4) is 5.75 Å². The third kappa shape index (κ3) is 4.19. The molecule has 0 radical (unpaired) electrons. The molecular weight excluding hydrogens is 461 g/mol. The number of carbonyl (C=O) groups is 2. The Morgan fingerprint density at radius 1 is 1.00 bits per heavy atom. The molecule has 2 aliphatic heterocycles. The van der Waals surface area contributed by atoms with Crippen LogP contribution in [0.1, 0.15) is 36.6 Å². The van der Waals surface area contributed by atoms with Crippen molar-refractivity contribution in [1.82, 2.24) is 4.98 Å². The second-order valence-electron chi connectivity index (χ2n) is 8.83. The maximum absolute atomic E-state index is 14.1. The summed E-state index contributed by atoms with van der Waals surface area (Å²) in [6.45, 7) is 1.96. The molecule has 2 fully saturated rings. The van der Waals surface area contributed by atoms with E-state index in [4.69, 9.17) is 4.74 Å². The normalized spacial score (nSPS) is 19.6. The van der Waals surface area contributed by atoms with Gasteiger partial charge < -0.3 is 14.7 Å². The molecule has 1 N–H and O–H groups in total. The third-order valence-electron chi connectivity index (χ3n) is 6.68. The van der Waals surface area contributed by atoms with Crippen molar-refractivity contribution >= 4 is 28.8 Å². The van der Waals surface area contributed by atoms with Crippen molar-refractivity contribution in [2.75, 3.05) is 30.0 Å². The molecule has 2 aromatic carbocycles. The lowest BCUT2D eigenvalue weighted by Gasteiger charge is -2.30. The number of pyridine rings is 1. The fourth-order valence-corrected chi connectivity index (χ4v) is 4.90. The fourth-order valence-electron chi connectivity index (χ4n) is 4.90. The summed E-state index contributed by atoms with van der Waals surface area (Å²) in [6, 6.07) is 15.2. The lowest BCUT2D eigenvalue weighted by Crippen LogP contribution is -2.31. The molecule has 3 aromatic rings. The highest BCUT2D eigenvalue weighted by Crippen LogP contribution is 2.43. The molecule has 5 rings (SSSR count). The monoisotopic (exact) mass is 487 g/mol. The van der Waals surface area contributed by atoms with Crippen LogP contribution in [-0.4, -0.2) is 42.0 Å². The summed E-state index contributed by atoms with van der Waals surface area (Å²) < 4.78 is 19.4. The number of hydrogen-bond acceptors (Lipinski definition) is 6. The van der Waals surface area contributed by atoms with Gasteiger partial charge in [-0.1, -0.05) is 6.07 Å². The molecule has 184 valence electrons. The van der Waals surface area contributed by atoms with Crippen molar-refractivity contribution in [3.63, 3.8) is 0 Å². The summed E-state index contributed by atoms with van der Waals surface area (Å²) in [4.78, 5) is 34.7. The van der Waals surface area contributed by atoms with Crippen molar-refractivity contribution in [1.29, 1.82) is 0 Å². The number of anilines is 2. The molecule has 7 nitrogen and oxygen atoms in total. The van der Waals surface area contributed by atoms with E-state index in [1.54, 1.807) is 36.5 Å². The number of nitrogens with zero attached hydrogens (tertiary/aromatic N) is 3. The van der Waals surface area contributed by atoms with Crippen LogP contribution in [0.25, 0.3) is 5.76 Å². The van der Waals surface area contributed by atoms with Crippen LogP contribution < -0.4 is 14.5 Å². The first-order chi connectivity index (χ1) is 17.5. The number of hydrogen-bond donors (Lipinski definition) is 1. The van der Waals surface area contributed by atoms with E-state index >= 15 is 0 Å². The highest BCUT2D eigenvalue weighted by Gasteiger charge is 2.48. The van der Waals surface area contributed by atoms with Crippen molar-refractivity contribution in [2.24, 2.45) is 0 Å².